The molecule has 1 spiro atoms. The van der Waals surface area contributed by atoms with Crippen LogP contribution in [0.3, 0.4) is 0 Å². The summed E-state index contributed by atoms with van der Waals surface area (Å²) >= 11 is 0. The first-order valence-corrected chi connectivity index (χ1v) is 9.44. The summed E-state index contributed by atoms with van der Waals surface area (Å²) in [5.74, 6) is 2.40. The molecule has 0 aliphatic heterocycles. The highest BCUT2D eigenvalue weighted by Gasteiger charge is 2.68. The second-order valence-corrected chi connectivity index (χ2v) is 10.2. The second kappa shape index (κ2) is 4.08. The van der Waals surface area contributed by atoms with Crippen molar-refractivity contribution in [2.75, 3.05) is 0 Å². The molecule has 0 aromatic carbocycles. The largest absolute Gasteiger partial charge is 0.390 e. The van der Waals surface area contributed by atoms with Crippen LogP contribution in [0, 0.1) is 34.0 Å². The van der Waals surface area contributed by atoms with Crippen LogP contribution in [-0.4, -0.2) is 10.7 Å². The van der Waals surface area contributed by atoms with E-state index in [9.17, 15) is 5.11 Å². The number of fused-ring (bicyclic) bond motifs is 2. The molecule has 0 amide bonds. The number of aliphatic hydroxyl groups is 1. The van der Waals surface area contributed by atoms with Crippen molar-refractivity contribution in [2.45, 2.75) is 91.1 Å². The van der Waals surface area contributed by atoms with Crippen LogP contribution in [0.25, 0.3) is 0 Å². The Morgan fingerprint density at radius 2 is 1.62 bits per heavy atom. The molecule has 4 saturated carbocycles. The highest BCUT2D eigenvalue weighted by Crippen LogP contribution is 2.75. The Balaban J connectivity index is 1.77. The molecule has 6 atom stereocenters. The lowest BCUT2D eigenvalue weighted by Gasteiger charge is -2.65. The van der Waals surface area contributed by atoms with Gasteiger partial charge in [0.05, 0.1) is 5.60 Å². The van der Waals surface area contributed by atoms with Crippen LogP contribution in [-0.2, 0) is 0 Å². The summed E-state index contributed by atoms with van der Waals surface area (Å²) in [6, 6.07) is 0. The molecule has 1 N–H and O–H groups in total. The third kappa shape index (κ3) is 1.68. The van der Waals surface area contributed by atoms with Gasteiger partial charge < -0.3 is 5.11 Å². The van der Waals surface area contributed by atoms with Crippen molar-refractivity contribution >= 4 is 0 Å². The Kier molecular flexibility index (Phi) is 2.82. The first kappa shape index (κ1) is 14.5. The molecule has 6 unspecified atom stereocenters. The van der Waals surface area contributed by atoms with Gasteiger partial charge in [-0.2, -0.15) is 0 Å². The lowest BCUT2D eigenvalue weighted by atomic mass is 9.40. The molecule has 4 fully saturated rings. The highest BCUT2D eigenvalue weighted by atomic mass is 16.3. The summed E-state index contributed by atoms with van der Waals surface area (Å²) in [5.41, 5.74) is 1.27. The van der Waals surface area contributed by atoms with E-state index in [0.29, 0.717) is 22.2 Å². The van der Waals surface area contributed by atoms with Gasteiger partial charge in [-0.05, 0) is 92.3 Å². The normalized spacial score (nSPS) is 58.4. The van der Waals surface area contributed by atoms with Gasteiger partial charge in [-0.15, -0.1) is 0 Å². The van der Waals surface area contributed by atoms with Crippen molar-refractivity contribution in [3.8, 4) is 0 Å². The van der Waals surface area contributed by atoms with E-state index in [2.05, 4.69) is 27.7 Å². The summed E-state index contributed by atoms with van der Waals surface area (Å²) in [6.45, 7) is 9.86. The van der Waals surface area contributed by atoms with Gasteiger partial charge in [0.1, 0.15) is 0 Å². The third-order valence-corrected chi connectivity index (χ3v) is 9.09. The fourth-order valence-electron chi connectivity index (χ4n) is 7.89. The van der Waals surface area contributed by atoms with E-state index in [-0.39, 0.29) is 5.60 Å². The fourth-order valence-corrected chi connectivity index (χ4v) is 7.89. The molecular weight excluding hydrogens is 256 g/mol. The maximum atomic E-state index is 10.8. The maximum Gasteiger partial charge on any atom is 0.0648 e. The smallest absolute Gasteiger partial charge is 0.0648 e. The Hall–Kier alpha value is -0.0400. The Labute approximate surface area is 130 Å². The highest BCUT2D eigenvalue weighted by molar-refractivity contribution is 5.17. The lowest BCUT2D eigenvalue weighted by molar-refractivity contribution is -0.171. The van der Waals surface area contributed by atoms with Crippen LogP contribution in [0.4, 0.5) is 0 Å². The van der Waals surface area contributed by atoms with E-state index in [1.807, 2.05) is 0 Å². The summed E-state index contributed by atoms with van der Waals surface area (Å²) in [4.78, 5) is 0. The number of hydrogen-bond acceptors (Lipinski definition) is 1. The summed E-state index contributed by atoms with van der Waals surface area (Å²) < 4.78 is 0. The molecule has 4 rings (SSSR count). The molecule has 120 valence electrons. The fraction of sp³-hybridized carbons (Fsp3) is 1.00. The number of hydrogen-bond donors (Lipinski definition) is 1. The van der Waals surface area contributed by atoms with E-state index in [1.165, 1.54) is 51.4 Å². The maximum absolute atomic E-state index is 10.8. The van der Waals surface area contributed by atoms with E-state index < -0.39 is 0 Å². The van der Waals surface area contributed by atoms with Crippen molar-refractivity contribution < 1.29 is 5.11 Å². The van der Waals surface area contributed by atoms with Crippen molar-refractivity contribution in [3.05, 3.63) is 0 Å². The molecule has 4 aliphatic carbocycles. The first-order valence-electron chi connectivity index (χ1n) is 9.44. The van der Waals surface area contributed by atoms with Crippen molar-refractivity contribution in [1.82, 2.24) is 0 Å². The molecule has 1 heteroatoms. The average molecular weight is 290 g/mol. The molecule has 4 aliphatic rings. The third-order valence-electron chi connectivity index (χ3n) is 9.09. The van der Waals surface area contributed by atoms with Crippen molar-refractivity contribution in [3.63, 3.8) is 0 Å². The van der Waals surface area contributed by atoms with Gasteiger partial charge in [-0.3, -0.25) is 0 Å². The zero-order valence-electron chi connectivity index (χ0n) is 14.5. The predicted molar refractivity (Wildman–Crippen MR) is 87.0 cm³/mol. The van der Waals surface area contributed by atoms with Crippen LogP contribution in [0.15, 0.2) is 0 Å². The summed E-state index contributed by atoms with van der Waals surface area (Å²) in [5, 5.41) is 10.8. The molecule has 1 nitrogen and oxygen atoms in total. The van der Waals surface area contributed by atoms with Crippen LogP contribution in [0.5, 0.6) is 0 Å². The molecule has 0 aromatic rings. The molecule has 0 aromatic heterocycles. The zero-order valence-corrected chi connectivity index (χ0v) is 14.5. The zero-order chi connectivity index (χ0) is 15.1. The summed E-state index contributed by atoms with van der Waals surface area (Å²) in [6.07, 6.45) is 12.2. The van der Waals surface area contributed by atoms with E-state index in [1.54, 1.807) is 0 Å². The molecule has 21 heavy (non-hydrogen) atoms. The van der Waals surface area contributed by atoms with Crippen molar-refractivity contribution in [1.29, 1.82) is 0 Å². The van der Waals surface area contributed by atoms with E-state index in [0.717, 1.165) is 18.3 Å². The van der Waals surface area contributed by atoms with Gasteiger partial charge in [-0.1, -0.05) is 27.2 Å². The van der Waals surface area contributed by atoms with Crippen LogP contribution < -0.4 is 0 Å². The van der Waals surface area contributed by atoms with Gasteiger partial charge in [0.2, 0.25) is 0 Å². The Morgan fingerprint density at radius 3 is 2.38 bits per heavy atom. The molecule has 0 heterocycles. The minimum atomic E-state index is -0.376. The minimum Gasteiger partial charge on any atom is -0.390 e. The molecule has 0 saturated heterocycles. The summed E-state index contributed by atoms with van der Waals surface area (Å²) in [7, 11) is 0. The van der Waals surface area contributed by atoms with Gasteiger partial charge in [0.25, 0.3) is 0 Å². The van der Waals surface area contributed by atoms with Crippen LogP contribution in [0.1, 0.15) is 85.5 Å². The monoisotopic (exact) mass is 290 g/mol. The van der Waals surface area contributed by atoms with Crippen LogP contribution in [0.2, 0.25) is 0 Å². The lowest BCUT2D eigenvalue weighted by Crippen LogP contribution is -2.58. The van der Waals surface area contributed by atoms with E-state index >= 15 is 0 Å². The SMILES string of the molecule is CC1(C)CCCC2(C)C1CCC1CC3CC12CCC3(C)O. The quantitative estimate of drug-likeness (QED) is 0.652. The minimum absolute atomic E-state index is 0.376. The molecule has 0 radical (unpaired) electrons. The molecular formula is C20H34O. The Morgan fingerprint density at radius 1 is 0.857 bits per heavy atom. The molecule has 2 bridgehead atoms. The predicted octanol–water partition coefficient (Wildman–Crippen LogP) is 5.17. The van der Waals surface area contributed by atoms with E-state index in [4.69, 9.17) is 0 Å². The van der Waals surface area contributed by atoms with Crippen LogP contribution >= 0.6 is 0 Å². The van der Waals surface area contributed by atoms with Gasteiger partial charge in [0, 0.05) is 0 Å². The topological polar surface area (TPSA) is 20.2 Å². The van der Waals surface area contributed by atoms with Crippen molar-refractivity contribution in [2.24, 2.45) is 34.0 Å². The van der Waals surface area contributed by atoms with Gasteiger partial charge in [-0.25, -0.2) is 0 Å². The number of rotatable bonds is 0. The standard InChI is InChI=1S/C20H34O/c1-17(2)8-5-9-18(3)16(17)7-6-14-12-15-13-20(14,18)11-10-19(15,4)21/h14-16,21H,5-13H2,1-4H3. The van der Waals surface area contributed by atoms with Gasteiger partial charge in [0.15, 0.2) is 0 Å². The average Bonchev–Trinajstić information content (AvgIpc) is 2.72. The second-order valence-electron chi connectivity index (χ2n) is 10.2. The Bertz CT molecular complexity index is 451. The first-order chi connectivity index (χ1) is 9.71. The van der Waals surface area contributed by atoms with Gasteiger partial charge >= 0.3 is 0 Å².